The van der Waals surface area contributed by atoms with Gasteiger partial charge in [-0.1, -0.05) is 35.9 Å². The molecule has 38 heavy (non-hydrogen) atoms. The number of hydrogen-bond acceptors (Lipinski definition) is 5. The third-order valence-corrected chi connectivity index (χ3v) is 6.03. The van der Waals surface area contributed by atoms with Gasteiger partial charge >= 0.3 is 12.0 Å². The summed E-state index contributed by atoms with van der Waals surface area (Å²) >= 11 is 6.13. The Morgan fingerprint density at radius 3 is 2.47 bits per heavy atom. The molecule has 11 heteroatoms. The van der Waals surface area contributed by atoms with Crippen molar-refractivity contribution >= 4 is 35.2 Å². The number of carboxylic acid groups (broad SMARTS) is 1. The molecule has 0 radical (unpaired) electrons. The van der Waals surface area contributed by atoms with Gasteiger partial charge < -0.3 is 30.1 Å². The van der Waals surface area contributed by atoms with Crippen molar-refractivity contribution in [2.24, 2.45) is 0 Å². The van der Waals surface area contributed by atoms with Crippen LogP contribution >= 0.6 is 11.6 Å². The summed E-state index contributed by atoms with van der Waals surface area (Å²) in [5.41, 5.74) is 0.427. The van der Waals surface area contributed by atoms with E-state index in [-0.39, 0.29) is 28.6 Å². The number of methoxy groups -OCH3 is 1. The summed E-state index contributed by atoms with van der Waals surface area (Å²) in [6, 6.07) is 14.0. The molecular formula is C27H27ClFN3O6. The molecule has 3 aromatic rings. The minimum atomic E-state index is -1.14. The highest BCUT2D eigenvalue weighted by Gasteiger charge is 2.29. The number of ether oxygens (including phenoxy) is 2. The molecule has 0 aliphatic heterocycles. The topological polar surface area (TPSA) is 117 Å². The number of amides is 3. The molecule has 0 spiro atoms. The Hall–Kier alpha value is -4.31. The molecule has 0 heterocycles. The third-order valence-electron chi connectivity index (χ3n) is 5.74. The van der Waals surface area contributed by atoms with Gasteiger partial charge in [0.25, 0.3) is 0 Å². The van der Waals surface area contributed by atoms with Crippen LogP contribution in [0.25, 0.3) is 0 Å². The molecule has 1 unspecified atom stereocenters. The van der Waals surface area contributed by atoms with Crippen LogP contribution in [0.3, 0.4) is 0 Å². The van der Waals surface area contributed by atoms with Crippen molar-refractivity contribution < 1.29 is 33.4 Å². The first-order valence-electron chi connectivity index (χ1n) is 11.5. The van der Waals surface area contributed by atoms with Crippen LogP contribution in [0.1, 0.15) is 28.9 Å². The molecule has 3 amide bonds. The molecule has 0 aromatic heterocycles. The van der Waals surface area contributed by atoms with Crippen molar-refractivity contribution in [1.82, 2.24) is 10.2 Å². The maximum absolute atomic E-state index is 14.0. The lowest BCUT2D eigenvalue weighted by atomic mass is 10.0. The molecule has 3 N–H and O–H groups in total. The lowest BCUT2D eigenvalue weighted by molar-refractivity contribution is -0.134. The van der Waals surface area contributed by atoms with Gasteiger partial charge in [-0.3, -0.25) is 4.79 Å². The Bertz CT molecular complexity index is 1320. The maximum atomic E-state index is 14.0. The quantitative estimate of drug-likeness (QED) is 0.332. The molecule has 0 bridgehead atoms. The van der Waals surface area contributed by atoms with Gasteiger partial charge in [-0.2, -0.15) is 0 Å². The molecule has 0 saturated heterocycles. The minimum Gasteiger partial charge on any atom is -0.497 e. The van der Waals surface area contributed by atoms with Crippen LogP contribution in [-0.2, 0) is 4.79 Å². The van der Waals surface area contributed by atoms with Gasteiger partial charge in [-0.05, 0) is 55.0 Å². The fourth-order valence-electron chi connectivity index (χ4n) is 3.45. The Morgan fingerprint density at radius 1 is 1.08 bits per heavy atom. The van der Waals surface area contributed by atoms with Crippen LogP contribution in [0, 0.1) is 5.82 Å². The SMILES string of the molecule is COc1cccc(C(NC(=O)Nc2ccccc2F)C(=O)N(C)[C@@H](C)COc2ccc(C(=O)O)cc2Cl)c1. The van der Waals surface area contributed by atoms with Gasteiger partial charge in [0.05, 0.1) is 29.4 Å². The standard InChI is InChI=1S/C27H27ClFN3O6/c1-16(15-38-23-12-11-18(26(34)35)14-20(23)28)32(2)25(33)24(17-7-6-8-19(13-17)37-3)31-27(36)30-22-10-5-4-9-21(22)29/h4-14,16,24H,15H2,1-3H3,(H,34,35)(H2,30,31,36)/t16-,24?/m0/s1. The number of urea groups is 1. The molecule has 0 fully saturated rings. The van der Waals surface area contributed by atoms with E-state index < -0.39 is 35.8 Å². The second-order valence-electron chi connectivity index (χ2n) is 8.35. The van der Waals surface area contributed by atoms with Gasteiger partial charge in [0.2, 0.25) is 5.91 Å². The van der Waals surface area contributed by atoms with E-state index >= 15 is 0 Å². The fraction of sp³-hybridized carbons (Fsp3) is 0.222. The summed E-state index contributed by atoms with van der Waals surface area (Å²) in [6.07, 6.45) is 0. The normalized spacial score (nSPS) is 12.1. The first kappa shape index (κ1) is 28.3. The van der Waals surface area contributed by atoms with Crippen LogP contribution < -0.4 is 20.1 Å². The van der Waals surface area contributed by atoms with Crippen molar-refractivity contribution in [1.29, 1.82) is 0 Å². The second kappa shape index (κ2) is 12.8. The Labute approximate surface area is 224 Å². The summed E-state index contributed by atoms with van der Waals surface area (Å²) in [4.78, 5) is 38.8. The fourth-order valence-corrected chi connectivity index (χ4v) is 3.69. The summed E-state index contributed by atoms with van der Waals surface area (Å²) < 4.78 is 25.0. The van der Waals surface area contributed by atoms with Crippen LogP contribution in [0.5, 0.6) is 11.5 Å². The Kier molecular flexibility index (Phi) is 9.50. The number of likely N-dealkylation sites (N-methyl/N-ethyl adjacent to an activating group) is 1. The zero-order chi connectivity index (χ0) is 27.8. The highest BCUT2D eigenvalue weighted by Crippen LogP contribution is 2.27. The zero-order valence-electron chi connectivity index (χ0n) is 20.9. The lowest BCUT2D eigenvalue weighted by Crippen LogP contribution is -2.47. The molecule has 2 atom stereocenters. The number of halogens is 2. The molecule has 0 aliphatic rings. The zero-order valence-corrected chi connectivity index (χ0v) is 21.7. The molecule has 3 rings (SSSR count). The second-order valence-corrected chi connectivity index (χ2v) is 8.75. The number of carboxylic acids is 1. The van der Waals surface area contributed by atoms with Crippen molar-refractivity contribution in [2.45, 2.75) is 19.0 Å². The maximum Gasteiger partial charge on any atom is 0.335 e. The van der Waals surface area contributed by atoms with E-state index in [4.69, 9.17) is 26.2 Å². The summed E-state index contributed by atoms with van der Waals surface area (Å²) in [6.45, 7) is 1.76. The molecule has 3 aromatic carbocycles. The number of aromatic carboxylic acids is 1. The predicted molar refractivity (Wildman–Crippen MR) is 140 cm³/mol. The number of anilines is 1. The van der Waals surface area contributed by atoms with E-state index in [0.29, 0.717) is 11.3 Å². The van der Waals surface area contributed by atoms with E-state index in [0.717, 1.165) is 0 Å². The number of carbonyl (C=O) groups excluding carboxylic acids is 2. The van der Waals surface area contributed by atoms with Crippen molar-refractivity contribution in [3.63, 3.8) is 0 Å². The van der Waals surface area contributed by atoms with E-state index in [9.17, 15) is 18.8 Å². The van der Waals surface area contributed by atoms with Crippen molar-refractivity contribution in [2.75, 3.05) is 26.1 Å². The van der Waals surface area contributed by atoms with Crippen LogP contribution in [0.4, 0.5) is 14.9 Å². The van der Waals surface area contributed by atoms with Gasteiger partial charge in [-0.25, -0.2) is 14.0 Å². The predicted octanol–water partition coefficient (Wildman–Crippen LogP) is 4.97. The summed E-state index contributed by atoms with van der Waals surface area (Å²) in [5, 5.41) is 14.2. The van der Waals surface area contributed by atoms with Crippen molar-refractivity contribution in [3.8, 4) is 11.5 Å². The smallest absolute Gasteiger partial charge is 0.335 e. The molecular weight excluding hydrogens is 517 g/mol. The summed E-state index contributed by atoms with van der Waals surface area (Å²) in [5.74, 6) is -1.46. The van der Waals surface area contributed by atoms with Gasteiger partial charge in [0.15, 0.2) is 0 Å². The number of nitrogens with one attached hydrogen (secondary N) is 2. The van der Waals surface area contributed by atoms with Crippen LogP contribution in [0.2, 0.25) is 5.02 Å². The molecule has 0 aliphatic carbocycles. The first-order valence-corrected chi connectivity index (χ1v) is 11.9. The molecule has 200 valence electrons. The van der Waals surface area contributed by atoms with Gasteiger partial charge in [0.1, 0.15) is 30.0 Å². The van der Waals surface area contributed by atoms with Crippen LogP contribution in [0.15, 0.2) is 66.7 Å². The average Bonchev–Trinajstić information content (AvgIpc) is 2.91. The average molecular weight is 544 g/mol. The highest BCUT2D eigenvalue weighted by atomic mass is 35.5. The number of hydrogen-bond donors (Lipinski definition) is 3. The number of rotatable bonds is 10. The summed E-state index contributed by atoms with van der Waals surface area (Å²) in [7, 11) is 3.03. The minimum absolute atomic E-state index is 0.0172. The Morgan fingerprint density at radius 2 is 1.82 bits per heavy atom. The monoisotopic (exact) mass is 543 g/mol. The first-order chi connectivity index (χ1) is 18.1. The van der Waals surface area contributed by atoms with E-state index in [2.05, 4.69) is 10.6 Å². The van der Waals surface area contributed by atoms with Crippen molar-refractivity contribution in [3.05, 3.63) is 88.7 Å². The van der Waals surface area contributed by atoms with Crippen LogP contribution in [-0.4, -0.2) is 54.7 Å². The van der Waals surface area contributed by atoms with E-state index in [1.165, 1.54) is 48.4 Å². The van der Waals surface area contributed by atoms with Gasteiger partial charge in [-0.15, -0.1) is 0 Å². The number of para-hydroxylation sites is 1. The number of benzene rings is 3. The van der Waals surface area contributed by atoms with E-state index in [1.54, 1.807) is 44.3 Å². The molecule has 9 nitrogen and oxygen atoms in total. The number of nitrogens with zero attached hydrogens (tertiary/aromatic N) is 1. The third kappa shape index (κ3) is 7.13. The highest BCUT2D eigenvalue weighted by molar-refractivity contribution is 6.32. The van der Waals surface area contributed by atoms with Gasteiger partial charge in [0, 0.05) is 7.05 Å². The largest absolute Gasteiger partial charge is 0.497 e. The number of carbonyl (C=O) groups is 3. The molecule has 0 saturated carbocycles. The lowest BCUT2D eigenvalue weighted by Gasteiger charge is -2.30. The Balaban J connectivity index is 1.76. The van der Waals surface area contributed by atoms with E-state index in [1.807, 2.05) is 0 Å².